The highest BCUT2D eigenvalue weighted by Gasteiger charge is 2.61. The lowest BCUT2D eigenvalue weighted by Gasteiger charge is -2.56. The third-order valence-electron chi connectivity index (χ3n) is 5.46. The maximum Gasteiger partial charge on any atom is 0.142 e. The summed E-state index contributed by atoms with van der Waals surface area (Å²) in [5, 5.41) is 21.7. The summed E-state index contributed by atoms with van der Waals surface area (Å²) in [5.74, 6) is 0.180. The summed E-state index contributed by atoms with van der Waals surface area (Å²) < 4.78 is 0. The molecule has 3 nitrogen and oxygen atoms in total. The molecule has 0 radical (unpaired) electrons. The molecule has 0 heterocycles. The maximum atomic E-state index is 12.2. The molecule has 18 heavy (non-hydrogen) atoms. The second-order valence-corrected chi connectivity index (χ2v) is 6.65. The summed E-state index contributed by atoms with van der Waals surface area (Å²) in [6.07, 6.45) is 2.36. The Hall–Kier alpha value is -0.670. The van der Waals surface area contributed by atoms with Crippen LogP contribution in [0.25, 0.3) is 0 Å². The molecule has 2 fully saturated rings. The molecule has 3 heteroatoms. The van der Waals surface area contributed by atoms with Crippen molar-refractivity contribution in [3.8, 4) is 0 Å². The van der Waals surface area contributed by atoms with Crippen LogP contribution in [0, 0.1) is 11.3 Å². The van der Waals surface area contributed by atoms with Gasteiger partial charge in [0, 0.05) is 12.8 Å². The number of hydrogen-bond acceptors (Lipinski definition) is 3. The average Bonchev–Trinajstić information content (AvgIpc) is 2.29. The van der Waals surface area contributed by atoms with Crippen LogP contribution in [0.2, 0.25) is 0 Å². The summed E-state index contributed by atoms with van der Waals surface area (Å²) in [5.41, 5.74) is -2.18. The average molecular weight is 252 g/mol. The van der Waals surface area contributed by atoms with Crippen LogP contribution < -0.4 is 0 Å². The highest BCUT2D eigenvalue weighted by atomic mass is 16.3. The van der Waals surface area contributed by atoms with Gasteiger partial charge in [0.2, 0.25) is 0 Å². The Kier molecular flexibility index (Phi) is 2.99. The summed E-state index contributed by atoms with van der Waals surface area (Å²) in [4.78, 5) is 12.2. The molecule has 3 atom stereocenters. The fourth-order valence-corrected chi connectivity index (χ4v) is 3.52. The molecule has 0 aliphatic heterocycles. The van der Waals surface area contributed by atoms with E-state index in [2.05, 4.69) is 6.58 Å². The van der Waals surface area contributed by atoms with Gasteiger partial charge in [-0.25, -0.2) is 0 Å². The van der Waals surface area contributed by atoms with E-state index in [4.69, 9.17) is 0 Å². The zero-order valence-electron chi connectivity index (χ0n) is 11.6. The van der Waals surface area contributed by atoms with Gasteiger partial charge in [0.1, 0.15) is 11.4 Å². The van der Waals surface area contributed by atoms with Gasteiger partial charge in [-0.15, -0.1) is 0 Å². The van der Waals surface area contributed by atoms with E-state index < -0.39 is 16.6 Å². The highest BCUT2D eigenvalue weighted by Crippen LogP contribution is 2.56. The van der Waals surface area contributed by atoms with E-state index in [1.54, 1.807) is 0 Å². The predicted molar refractivity (Wildman–Crippen MR) is 70.1 cm³/mol. The Morgan fingerprint density at radius 2 is 1.83 bits per heavy atom. The molecular weight excluding hydrogens is 228 g/mol. The van der Waals surface area contributed by atoms with Crippen molar-refractivity contribution in [3.05, 3.63) is 12.2 Å². The molecular formula is C15H24O3. The van der Waals surface area contributed by atoms with Crippen LogP contribution in [0.15, 0.2) is 12.2 Å². The van der Waals surface area contributed by atoms with Crippen LogP contribution in [-0.4, -0.2) is 27.2 Å². The van der Waals surface area contributed by atoms with Gasteiger partial charge >= 0.3 is 0 Å². The zero-order chi connectivity index (χ0) is 13.8. The summed E-state index contributed by atoms with van der Waals surface area (Å²) in [7, 11) is 0. The fraction of sp³-hybridized carbons (Fsp3) is 0.800. The van der Waals surface area contributed by atoms with Crippen molar-refractivity contribution in [2.45, 2.75) is 64.1 Å². The second-order valence-electron chi connectivity index (χ2n) is 6.65. The first-order valence-corrected chi connectivity index (χ1v) is 6.82. The normalized spacial score (nSPS) is 45.2. The van der Waals surface area contributed by atoms with Gasteiger partial charge in [0.25, 0.3) is 0 Å². The molecule has 0 spiro atoms. The number of ketones is 1. The van der Waals surface area contributed by atoms with Gasteiger partial charge in [0.15, 0.2) is 0 Å². The van der Waals surface area contributed by atoms with Crippen molar-refractivity contribution in [1.29, 1.82) is 0 Å². The molecule has 2 N–H and O–H groups in total. The van der Waals surface area contributed by atoms with E-state index in [0.29, 0.717) is 31.3 Å². The number of carbonyl (C=O) groups is 1. The van der Waals surface area contributed by atoms with Crippen molar-refractivity contribution in [1.82, 2.24) is 0 Å². The van der Waals surface area contributed by atoms with E-state index in [9.17, 15) is 15.0 Å². The second kappa shape index (κ2) is 3.91. The van der Waals surface area contributed by atoms with E-state index in [0.717, 1.165) is 0 Å². The smallest absolute Gasteiger partial charge is 0.142 e. The SMILES string of the molecule is C=C1CCC(=O)C2(C)CCC(O)(C(C)C)CC12O. The van der Waals surface area contributed by atoms with Gasteiger partial charge in [-0.3, -0.25) is 4.79 Å². The monoisotopic (exact) mass is 252 g/mol. The van der Waals surface area contributed by atoms with Crippen LogP contribution in [0.1, 0.15) is 52.9 Å². The van der Waals surface area contributed by atoms with Crippen LogP contribution in [0.3, 0.4) is 0 Å². The fourth-order valence-electron chi connectivity index (χ4n) is 3.52. The van der Waals surface area contributed by atoms with Gasteiger partial charge in [-0.05, 0) is 37.7 Å². The van der Waals surface area contributed by atoms with Gasteiger partial charge in [-0.2, -0.15) is 0 Å². The summed E-state index contributed by atoms with van der Waals surface area (Å²) in [6.45, 7) is 9.71. The minimum Gasteiger partial charge on any atom is -0.389 e. The minimum atomic E-state index is -1.24. The molecule has 0 aromatic rings. The number of fused-ring (bicyclic) bond motifs is 1. The molecule has 2 aliphatic carbocycles. The van der Waals surface area contributed by atoms with Crippen LogP contribution in [-0.2, 0) is 4.79 Å². The Morgan fingerprint density at radius 1 is 1.22 bits per heavy atom. The Labute approximate surface area is 109 Å². The van der Waals surface area contributed by atoms with Crippen molar-refractivity contribution in [2.75, 3.05) is 0 Å². The van der Waals surface area contributed by atoms with Crippen LogP contribution in [0.5, 0.6) is 0 Å². The van der Waals surface area contributed by atoms with Crippen molar-refractivity contribution < 1.29 is 15.0 Å². The molecule has 0 aromatic carbocycles. The Bertz CT molecular complexity index is 401. The number of rotatable bonds is 1. The molecule has 2 rings (SSSR count). The first-order chi connectivity index (χ1) is 8.16. The summed E-state index contributed by atoms with van der Waals surface area (Å²) in [6, 6.07) is 0. The molecule has 0 saturated heterocycles. The van der Waals surface area contributed by atoms with Crippen LogP contribution in [0.4, 0.5) is 0 Å². The largest absolute Gasteiger partial charge is 0.389 e. The third kappa shape index (κ3) is 1.60. The van der Waals surface area contributed by atoms with Crippen LogP contribution >= 0.6 is 0 Å². The number of carbonyl (C=O) groups excluding carboxylic acids is 1. The molecule has 0 aromatic heterocycles. The molecule has 3 unspecified atom stereocenters. The highest BCUT2D eigenvalue weighted by molar-refractivity contribution is 5.88. The molecule has 2 aliphatic rings. The molecule has 0 bridgehead atoms. The Balaban J connectivity index is 2.43. The molecule has 2 saturated carbocycles. The lowest BCUT2D eigenvalue weighted by Crippen LogP contribution is -2.63. The molecule has 0 amide bonds. The van der Waals surface area contributed by atoms with Gasteiger partial charge in [0.05, 0.1) is 11.0 Å². The standard InChI is InChI=1S/C15H24O3/c1-10(2)14(17)8-7-13(4)12(16)6-5-11(3)15(13,18)9-14/h10,17-18H,3,5-9H2,1-2,4H3. The van der Waals surface area contributed by atoms with E-state index >= 15 is 0 Å². The van der Waals surface area contributed by atoms with Gasteiger partial charge < -0.3 is 10.2 Å². The van der Waals surface area contributed by atoms with E-state index in [1.165, 1.54) is 0 Å². The van der Waals surface area contributed by atoms with E-state index in [1.807, 2.05) is 20.8 Å². The maximum absolute atomic E-state index is 12.2. The number of aliphatic hydroxyl groups is 2. The summed E-state index contributed by atoms with van der Waals surface area (Å²) >= 11 is 0. The third-order valence-corrected chi connectivity index (χ3v) is 5.46. The topological polar surface area (TPSA) is 57.5 Å². The Morgan fingerprint density at radius 3 is 2.39 bits per heavy atom. The first-order valence-electron chi connectivity index (χ1n) is 6.82. The first kappa shape index (κ1) is 13.8. The minimum absolute atomic E-state index is 0.0657. The van der Waals surface area contributed by atoms with Crippen molar-refractivity contribution in [3.63, 3.8) is 0 Å². The van der Waals surface area contributed by atoms with Gasteiger partial charge in [-0.1, -0.05) is 20.4 Å². The van der Waals surface area contributed by atoms with E-state index in [-0.39, 0.29) is 18.1 Å². The lowest BCUT2D eigenvalue weighted by molar-refractivity contribution is -0.183. The number of Topliss-reactive ketones (excluding diaryl/α,β-unsaturated/α-hetero) is 1. The lowest BCUT2D eigenvalue weighted by atomic mass is 9.51. The van der Waals surface area contributed by atoms with Crippen molar-refractivity contribution in [2.24, 2.45) is 11.3 Å². The number of hydrogen-bond donors (Lipinski definition) is 2. The molecule has 102 valence electrons. The van der Waals surface area contributed by atoms with Crippen molar-refractivity contribution >= 4 is 5.78 Å². The zero-order valence-corrected chi connectivity index (χ0v) is 11.6. The quantitative estimate of drug-likeness (QED) is 0.703. The predicted octanol–water partition coefficient (Wildman–Crippen LogP) is 2.21.